The maximum Gasteiger partial charge on any atom is 0.251 e. The number of fused-ring (bicyclic) bond motifs is 1. The summed E-state index contributed by atoms with van der Waals surface area (Å²) < 4.78 is 12.3. The number of amides is 1. The number of halogens is 1. The summed E-state index contributed by atoms with van der Waals surface area (Å²) in [6, 6.07) is 12.9. The van der Waals surface area contributed by atoms with Crippen LogP contribution in [0.5, 0.6) is 11.5 Å². The summed E-state index contributed by atoms with van der Waals surface area (Å²) in [4.78, 5) is 12.6. The number of benzene rings is 2. The van der Waals surface area contributed by atoms with Crippen LogP contribution in [0.1, 0.15) is 42.2 Å². The molecule has 0 saturated heterocycles. The second-order valence-electron chi connectivity index (χ2n) is 6.50. The van der Waals surface area contributed by atoms with Crippen LogP contribution >= 0.6 is 15.9 Å². The molecule has 24 heavy (non-hydrogen) atoms. The molecule has 0 aromatic heterocycles. The quantitative estimate of drug-likeness (QED) is 0.840. The Morgan fingerprint density at radius 1 is 1.25 bits per heavy atom. The van der Waals surface area contributed by atoms with E-state index < -0.39 is 0 Å². The highest BCUT2D eigenvalue weighted by atomic mass is 79.9. The SMILES string of the molecule is COc1ccc2c(c1)[C@@H](NC(=O)c1ccc(Br)cc1)CC(C)(C)O2. The molecule has 5 heteroatoms. The van der Waals surface area contributed by atoms with Gasteiger partial charge in [-0.15, -0.1) is 0 Å². The molecule has 126 valence electrons. The summed E-state index contributed by atoms with van der Waals surface area (Å²) >= 11 is 3.38. The van der Waals surface area contributed by atoms with Gasteiger partial charge in [0.05, 0.1) is 13.2 Å². The van der Waals surface area contributed by atoms with E-state index in [1.54, 1.807) is 19.2 Å². The van der Waals surface area contributed by atoms with Gasteiger partial charge < -0.3 is 14.8 Å². The van der Waals surface area contributed by atoms with E-state index in [0.29, 0.717) is 12.0 Å². The Kier molecular flexibility index (Phi) is 4.54. The first-order chi connectivity index (χ1) is 11.4. The number of carbonyl (C=O) groups is 1. The lowest BCUT2D eigenvalue weighted by Crippen LogP contribution is -2.41. The van der Waals surface area contributed by atoms with E-state index in [1.807, 2.05) is 44.2 Å². The molecule has 0 saturated carbocycles. The van der Waals surface area contributed by atoms with Crippen LogP contribution in [0.4, 0.5) is 0 Å². The molecule has 1 atom stereocenters. The number of hydrogen-bond acceptors (Lipinski definition) is 3. The number of methoxy groups -OCH3 is 1. The molecule has 0 unspecified atom stereocenters. The molecule has 0 bridgehead atoms. The lowest BCUT2D eigenvalue weighted by atomic mass is 9.89. The highest BCUT2D eigenvalue weighted by Gasteiger charge is 2.35. The Morgan fingerprint density at radius 2 is 1.96 bits per heavy atom. The Hall–Kier alpha value is -2.01. The second-order valence-corrected chi connectivity index (χ2v) is 7.42. The fourth-order valence-electron chi connectivity index (χ4n) is 2.93. The lowest BCUT2D eigenvalue weighted by Gasteiger charge is -2.38. The van der Waals surface area contributed by atoms with Crippen molar-refractivity contribution < 1.29 is 14.3 Å². The molecule has 0 fully saturated rings. The van der Waals surface area contributed by atoms with Gasteiger partial charge in [-0.2, -0.15) is 0 Å². The van der Waals surface area contributed by atoms with Gasteiger partial charge in [0.15, 0.2) is 0 Å². The molecular formula is C19H20BrNO3. The number of nitrogens with one attached hydrogen (secondary N) is 1. The fraction of sp³-hybridized carbons (Fsp3) is 0.316. The van der Waals surface area contributed by atoms with Gasteiger partial charge in [0.25, 0.3) is 5.91 Å². The van der Waals surface area contributed by atoms with Crippen molar-refractivity contribution in [1.29, 1.82) is 0 Å². The first-order valence-corrected chi connectivity index (χ1v) is 8.61. The van der Waals surface area contributed by atoms with E-state index in [-0.39, 0.29) is 17.6 Å². The molecule has 1 aliphatic heterocycles. The number of ether oxygens (including phenoxy) is 2. The van der Waals surface area contributed by atoms with E-state index in [2.05, 4.69) is 21.2 Å². The Bertz CT molecular complexity index is 756. The van der Waals surface area contributed by atoms with Gasteiger partial charge in [-0.1, -0.05) is 15.9 Å². The third-order valence-electron chi connectivity index (χ3n) is 4.09. The van der Waals surface area contributed by atoms with E-state index in [9.17, 15) is 4.79 Å². The van der Waals surface area contributed by atoms with Crippen LogP contribution in [-0.2, 0) is 0 Å². The molecular weight excluding hydrogens is 370 g/mol. The predicted molar refractivity (Wildman–Crippen MR) is 96.7 cm³/mol. The monoisotopic (exact) mass is 389 g/mol. The molecule has 1 amide bonds. The van der Waals surface area contributed by atoms with Crippen molar-refractivity contribution in [2.75, 3.05) is 7.11 Å². The summed E-state index contributed by atoms with van der Waals surface area (Å²) in [6.45, 7) is 4.05. The third-order valence-corrected chi connectivity index (χ3v) is 4.61. The molecule has 4 nitrogen and oxygen atoms in total. The normalized spacial score (nSPS) is 18.2. The molecule has 0 aliphatic carbocycles. The van der Waals surface area contributed by atoms with Crippen molar-refractivity contribution in [2.45, 2.75) is 31.9 Å². The topological polar surface area (TPSA) is 47.6 Å². The van der Waals surface area contributed by atoms with Crippen LogP contribution in [0.15, 0.2) is 46.9 Å². The smallest absolute Gasteiger partial charge is 0.251 e. The molecule has 3 rings (SSSR count). The van der Waals surface area contributed by atoms with Gasteiger partial charge >= 0.3 is 0 Å². The zero-order chi connectivity index (χ0) is 17.3. The van der Waals surface area contributed by atoms with Gasteiger partial charge in [0.1, 0.15) is 17.1 Å². The molecule has 0 spiro atoms. The minimum absolute atomic E-state index is 0.0982. The Labute approximate surface area is 150 Å². The van der Waals surface area contributed by atoms with Crippen molar-refractivity contribution in [3.05, 3.63) is 58.1 Å². The van der Waals surface area contributed by atoms with Gasteiger partial charge in [-0.05, 0) is 56.3 Å². The van der Waals surface area contributed by atoms with Crippen LogP contribution in [0.25, 0.3) is 0 Å². The third kappa shape index (κ3) is 3.56. The molecule has 2 aromatic rings. The van der Waals surface area contributed by atoms with Gasteiger partial charge in [-0.25, -0.2) is 0 Å². The summed E-state index contributed by atoms with van der Waals surface area (Å²) in [5, 5.41) is 3.13. The van der Waals surface area contributed by atoms with Crippen LogP contribution < -0.4 is 14.8 Å². The summed E-state index contributed by atoms with van der Waals surface area (Å²) in [5.41, 5.74) is 1.23. The summed E-state index contributed by atoms with van der Waals surface area (Å²) in [7, 11) is 1.63. The first kappa shape index (κ1) is 16.8. The average molecular weight is 390 g/mol. The molecule has 0 radical (unpaired) electrons. The predicted octanol–water partition coefficient (Wildman–Crippen LogP) is 4.49. The average Bonchev–Trinajstić information content (AvgIpc) is 2.54. The van der Waals surface area contributed by atoms with E-state index in [1.165, 1.54) is 0 Å². The largest absolute Gasteiger partial charge is 0.497 e. The van der Waals surface area contributed by atoms with Crippen molar-refractivity contribution in [2.24, 2.45) is 0 Å². The minimum Gasteiger partial charge on any atom is -0.497 e. The van der Waals surface area contributed by atoms with Crippen molar-refractivity contribution in [1.82, 2.24) is 5.32 Å². The van der Waals surface area contributed by atoms with Crippen molar-refractivity contribution in [3.63, 3.8) is 0 Å². The van der Waals surface area contributed by atoms with Gasteiger partial charge in [0, 0.05) is 22.0 Å². The van der Waals surface area contributed by atoms with Gasteiger partial charge in [-0.3, -0.25) is 4.79 Å². The van der Waals surface area contributed by atoms with E-state index >= 15 is 0 Å². The molecule has 1 aliphatic rings. The number of rotatable bonds is 3. The van der Waals surface area contributed by atoms with Crippen molar-refractivity contribution in [3.8, 4) is 11.5 Å². The number of carbonyl (C=O) groups excluding carboxylic acids is 1. The van der Waals surface area contributed by atoms with E-state index in [0.717, 1.165) is 21.5 Å². The zero-order valence-corrected chi connectivity index (χ0v) is 15.5. The van der Waals surface area contributed by atoms with Crippen LogP contribution in [0, 0.1) is 0 Å². The summed E-state index contributed by atoms with van der Waals surface area (Å²) in [6.07, 6.45) is 0.690. The maximum absolute atomic E-state index is 12.6. The fourth-order valence-corrected chi connectivity index (χ4v) is 3.20. The highest BCUT2D eigenvalue weighted by molar-refractivity contribution is 9.10. The van der Waals surface area contributed by atoms with Gasteiger partial charge in [0.2, 0.25) is 0 Å². The van der Waals surface area contributed by atoms with Crippen LogP contribution in [-0.4, -0.2) is 18.6 Å². The highest BCUT2D eigenvalue weighted by Crippen LogP contribution is 2.41. The second kappa shape index (κ2) is 6.48. The molecule has 1 heterocycles. The standard InChI is InChI=1S/C19H20BrNO3/c1-19(2)11-16(15-10-14(23-3)8-9-17(15)24-19)21-18(22)12-4-6-13(20)7-5-12/h4-10,16H,11H2,1-3H3,(H,21,22)/t16-/m0/s1. The van der Waals surface area contributed by atoms with Crippen molar-refractivity contribution >= 4 is 21.8 Å². The lowest BCUT2D eigenvalue weighted by molar-refractivity contribution is 0.0618. The van der Waals surface area contributed by atoms with Crippen LogP contribution in [0.3, 0.4) is 0 Å². The Morgan fingerprint density at radius 3 is 2.62 bits per heavy atom. The maximum atomic E-state index is 12.6. The molecule has 1 N–H and O–H groups in total. The zero-order valence-electron chi connectivity index (χ0n) is 13.9. The summed E-state index contributed by atoms with van der Waals surface area (Å²) in [5.74, 6) is 1.44. The Balaban J connectivity index is 1.89. The number of hydrogen-bond donors (Lipinski definition) is 1. The van der Waals surface area contributed by atoms with Crippen LogP contribution in [0.2, 0.25) is 0 Å². The molecule has 2 aromatic carbocycles. The first-order valence-electron chi connectivity index (χ1n) is 7.81. The van der Waals surface area contributed by atoms with E-state index in [4.69, 9.17) is 9.47 Å². The minimum atomic E-state index is -0.348.